The summed E-state index contributed by atoms with van der Waals surface area (Å²) in [5.74, 6) is -0.531. The van der Waals surface area contributed by atoms with E-state index in [0.29, 0.717) is 12.1 Å². The first kappa shape index (κ1) is 17.4. The fourth-order valence-corrected chi connectivity index (χ4v) is 3.24. The minimum Gasteiger partial charge on any atom is -0.307 e. The summed E-state index contributed by atoms with van der Waals surface area (Å²) in [6.45, 7) is 3.00. The smallest absolute Gasteiger partial charge is 0.267 e. The fourth-order valence-electron chi connectivity index (χ4n) is 3.24. The Morgan fingerprint density at radius 3 is 2.88 bits per heavy atom. The predicted octanol–water partition coefficient (Wildman–Crippen LogP) is 2.59. The van der Waals surface area contributed by atoms with E-state index in [1.54, 1.807) is 11.6 Å². The molecule has 2 atom stereocenters. The van der Waals surface area contributed by atoms with Gasteiger partial charge in [0.2, 0.25) is 0 Å². The third-order valence-electron chi connectivity index (χ3n) is 4.59. The zero-order valence-electron chi connectivity index (χ0n) is 14.4. The monoisotopic (exact) mass is 340 g/mol. The molecule has 1 aliphatic heterocycles. The van der Waals surface area contributed by atoms with Crippen molar-refractivity contribution in [3.8, 4) is 0 Å². The Morgan fingerprint density at radius 1 is 1.40 bits per heavy atom. The molecule has 1 aromatic heterocycles. The Bertz CT molecular complexity index is 736. The number of aromatic nitrogens is 2. The van der Waals surface area contributed by atoms with Crippen LogP contribution in [0.3, 0.4) is 0 Å². The van der Waals surface area contributed by atoms with Crippen molar-refractivity contribution >= 4 is 12.0 Å². The van der Waals surface area contributed by atoms with Crippen LogP contribution in [0.4, 0.5) is 0 Å². The van der Waals surface area contributed by atoms with Crippen molar-refractivity contribution in [2.24, 2.45) is 0 Å². The molecular formula is C19H24N4O2. The predicted molar refractivity (Wildman–Crippen MR) is 95.9 cm³/mol. The second-order valence-corrected chi connectivity index (χ2v) is 6.54. The number of benzene rings is 1. The van der Waals surface area contributed by atoms with Gasteiger partial charge in [0, 0.05) is 30.9 Å². The van der Waals surface area contributed by atoms with Gasteiger partial charge in [0.05, 0.1) is 6.20 Å². The van der Waals surface area contributed by atoms with Crippen LogP contribution in [0.2, 0.25) is 0 Å². The first-order valence-electron chi connectivity index (χ1n) is 8.61. The lowest BCUT2D eigenvalue weighted by molar-refractivity contribution is -0.124. The third kappa shape index (κ3) is 4.78. The Balaban J connectivity index is 1.51. The molecule has 3 N–H and O–H groups in total. The molecule has 1 amide bonds. The van der Waals surface area contributed by atoms with Crippen molar-refractivity contribution in [3.63, 3.8) is 0 Å². The topological polar surface area (TPSA) is 79.2 Å². The Kier molecular flexibility index (Phi) is 5.63. The molecule has 1 aliphatic rings. The maximum absolute atomic E-state index is 11.0. The van der Waals surface area contributed by atoms with Gasteiger partial charge in [0.1, 0.15) is 0 Å². The number of amides is 1. The van der Waals surface area contributed by atoms with Crippen molar-refractivity contribution < 1.29 is 10.0 Å². The van der Waals surface area contributed by atoms with Crippen molar-refractivity contribution in [1.82, 2.24) is 20.6 Å². The van der Waals surface area contributed by atoms with E-state index >= 15 is 0 Å². The number of rotatable bonds is 6. The number of carbonyl (C=O) groups excluding carboxylic acids is 1. The maximum Gasteiger partial charge on any atom is 0.267 e. The van der Waals surface area contributed by atoms with Gasteiger partial charge in [-0.1, -0.05) is 24.3 Å². The van der Waals surface area contributed by atoms with E-state index in [0.717, 1.165) is 24.9 Å². The summed E-state index contributed by atoms with van der Waals surface area (Å²) < 4.78 is 2.01. The van der Waals surface area contributed by atoms with Crippen LogP contribution in [-0.2, 0) is 11.3 Å². The molecule has 2 unspecified atom stereocenters. The lowest BCUT2D eigenvalue weighted by Crippen LogP contribution is -2.25. The van der Waals surface area contributed by atoms with Gasteiger partial charge < -0.3 is 5.32 Å². The summed E-state index contributed by atoms with van der Waals surface area (Å²) in [5.41, 5.74) is 4.97. The van der Waals surface area contributed by atoms with E-state index < -0.39 is 5.91 Å². The van der Waals surface area contributed by atoms with E-state index in [2.05, 4.69) is 35.7 Å². The number of hydrogen-bond acceptors (Lipinski definition) is 4. The average molecular weight is 340 g/mol. The van der Waals surface area contributed by atoms with E-state index in [1.807, 2.05) is 23.0 Å². The first-order valence-corrected chi connectivity index (χ1v) is 8.61. The second-order valence-electron chi connectivity index (χ2n) is 6.54. The number of hydrogen-bond donors (Lipinski definition) is 3. The standard InChI is InChI=1S/C19H24N4O2/c1-14-12-20-23(13-14)11-10-17-7-8-18(21-17)16-5-2-15(3-6-16)4-9-19(24)22-25/h2-6,9,12-13,17-18,21,25H,7-8,10-11H2,1H3,(H,22,24)/b9-4+. The highest BCUT2D eigenvalue weighted by atomic mass is 16.5. The minimum atomic E-state index is -0.531. The molecule has 1 saturated heterocycles. The van der Waals surface area contributed by atoms with Crippen LogP contribution < -0.4 is 10.8 Å². The van der Waals surface area contributed by atoms with Crippen molar-refractivity contribution in [2.75, 3.05) is 0 Å². The van der Waals surface area contributed by atoms with Crippen molar-refractivity contribution in [1.29, 1.82) is 0 Å². The van der Waals surface area contributed by atoms with Gasteiger partial charge in [-0.05, 0) is 49.0 Å². The average Bonchev–Trinajstić information content (AvgIpc) is 3.27. The summed E-state index contributed by atoms with van der Waals surface area (Å²) in [6.07, 6.45) is 10.3. The van der Waals surface area contributed by atoms with Crippen molar-refractivity contribution in [2.45, 2.75) is 44.8 Å². The number of nitrogens with one attached hydrogen (secondary N) is 2. The van der Waals surface area contributed by atoms with Crippen LogP contribution in [0, 0.1) is 6.92 Å². The first-order chi connectivity index (χ1) is 12.1. The van der Waals surface area contributed by atoms with Crippen molar-refractivity contribution in [3.05, 3.63) is 59.4 Å². The molecule has 0 aliphatic carbocycles. The SMILES string of the molecule is Cc1cnn(CCC2CCC(c3ccc(/C=C/C(=O)NO)cc3)N2)c1. The van der Waals surface area contributed by atoms with E-state index in [1.165, 1.54) is 23.6 Å². The molecule has 6 heteroatoms. The summed E-state index contributed by atoms with van der Waals surface area (Å²) >= 11 is 0. The molecule has 0 bridgehead atoms. The quantitative estimate of drug-likeness (QED) is 0.429. The zero-order chi connectivity index (χ0) is 17.6. The highest BCUT2D eigenvalue weighted by molar-refractivity contribution is 5.90. The molecule has 3 rings (SSSR count). The fraction of sp³-hybridized carbons (Fsp3) is 0.368. The maximum atomic E-state index is 11.0. The number of aryl methyl sites for hydroxylation is 2. The van der Waals surface area contributed by atoms with Gasteiger partial charge in [-0.25, -0.2) is 5.48 Å². The summed E-state index contributed by atoms with van der Waals surface area (Å²) in [4.78, 5) is 11.0. The normalized spacial score (nSPS) is 20.2. The molecular weight excluding hydrogens is 316 g/mol. The second kappa shape index (κ2) is 8.09. The Labute approximate surface area is 147 Å². The number of carbonyl (C=O) groups is 1. The van der Waals surface area contributed by atoms with Crippen LogP contribution in [0.15, 0.2) is 42.7 Å². The molecule has 0 radical (unpaired) electrons. The Hall–Kier alpha value is -2.44. The highest BCUT2D eigenvalue weighted by Gasteiger charge is 2.24. The van der Waals surface area contributed by atoms with Crippen LogP contribution in [0.25, 0.3) is 6.08 Å². The molecule has 132 valence electrons. The van der Waals surface area contributed by atoms with E-state index in [4.69, 9.17) is 5.21 Å². The molecule has 0 spiro atoms. The summed E-state index contributed by atoms with van der Waals surface area (Å²) in [7, 11) is 0. The summed E-state index contributed by atoms with van der Waals surface area (Å²) in [5, 5.41) is 16.5. The largest absolute Gasteiger partial charge is 0.307 e. The molecule has 25 heavy (non-hydrogen) atoms. The van der Waals surface area contributed by atoms with Gasteiger partial charge in [0.15, 0.2) is 0 Å². The Morgan fingerprint density at radius 2 is 2.20 bits per heavy atom. The lowest BCUT2D eigenvalue weighted by atomic mass is 10.0. The number of hydroxylamine groups is 1. The van der Waals surface area contributed by atoms with Crippen LogP contribution >= 0.6 is 0 Å². The van der Waals surface area contributed by atoms with Gasteiger partial charge >= 0.3 is 0 Å². The van der Waals surface area contributed by atoms with E-state index in [9.17, 15) is 4.79 Å². The van der Waals surface area contributed by atoms with Crippen LogP contribution in [0.1, 0.15) is 42.0 Å². The van der Waals surface area contributed by atoms with E-state index in [-0.39, 0.29) is 0 Å². The lowest BCUT2D eigenvalue weighted by Gasteiger charge is -2.15. The van der Waals surface area contributed by atoms with Crippen LogP contribution in [-0.4, -0.2) is 26.9 Å². The van der Waals surface area contributed by atoms with Gasteiger partial charge in [-0.3, -0.25) is 14.7 Å². The third-order valence-corrected chi connectivity index (χ3v) is 4.59. The summed E-state index contributed by atoms with van der Waals surface area (Å²) in [6, 6.07) is 9.04. The molecule has 1 aromatic carbocycles. The minimum absolute atomic E-state index is 0.378. The van der Waals surface area contributed by atoms with Gasteiger partial charge in [0.25, 0.3) is 5.91 Å². The zero-order valence-corrected chi connectivity index (χ0v) is 14.4. The number of nitrogens with zero attached hydrogens (tertiary/aromatic N) is 2. The highest BCUT2D eigenvalue weighted by Crippen LogP contribution is 2.28. The van der Waals surface area contributed by atoms with Gasteiger partial charge in [-0.2, -0.15) is 5.10 Å². The van der Waals surface area contributed by atoms with Gasteiger partial charge in [-0.15, -0.1) is 0 Å². The molecule has 0 saturated carbocycles. The molecule has 2 heterocycles. The molecule has 6 nitrogen and oxygen atoms in total. The molecule has 1 fully saturated rings. The van der Waals surface area contributed by atoms with Crippen LogP contribution in [0.5, 0.6) is 0 Å². The molecule has 2 aromatic rings.